The first-order valence-corrected chi connectivity index (χ1v) is 9.75. The number of para-hydroxylation sites is 1. The van der Waals surface area contributed by atoms with Crippen LogP contribution in [0.3, 0.4) is 0 Å². The summed E-state index contributed by atoms with van der Waals surface area (Å²) >= 11 is 0. The highest BCUT2D eigenvalue weighted by Crippen LogP contribution is 2.33. The molecule has 0 bridgehead atoms. The van der Waals surface area contributed by atoms with Crippen LogP contribution in [0.4, 0.5) is 10.1 Å². The molecule has 0 amide bonds. The first-order valence-electron chi connectivity index (χ1n) is 8.31. The van der Waals surface area contributed by atoms with Gasteiger partial charge in [0.05, 0.1) is 16.6 Å². The van der Waals surface area contributed by atoms with Crippen LogP contribution in [-0.2, 0) is 10.0 Å². The van der Waals surface area contributed by atoms with E-state index in [9.17, 15) is 12.8 Å². The fourth-order valence-electron chi connectivity index (χ4n) is 2.93. The van der Waals surface area contributed by atoms with Crippen LogP contribution in [0.5, 0.6) is 0 Å². The number of hydrogen-bond donors (Lipinski definition) is 0. The summed E-state index contributed by atoms with van der Waals surface area (Å²) in [6.45, 7) is 3.82. The number of anilines is 1. The van der Waals surface area contributed by atoms with Gasteiger partial charge in [0.15, 0.2) is 0 Å². The van der Waals surface area contributed by atoms with Crippen LogP contribution in [0.15, 0.2) is 83.8 Å². The van der Waals surface area contributed by atoms with E-state index in [2.05, 4.69) is 0 Å². The predicted molar refractivity (Wildman–Crippen MR) is 102 cm³/mol. The maximum Gasteiger partial charge on any atom is 0.264 e. The lowest BCUT2D eigenvalue weighted by atomic mass is 10.1. The summed E-state index contributed by atoms with van der Waals surface area (Å²) in [5.41, 5.74) is 2.51. The zero-order valence-corrected chi connectivity index (χ0v) is 15.4. The average molecular weight is 369 g/mol. The molecule has 0 aliphatic carbocycles. The second-order valence-corrected chi connectivity index (χ2v) is 8.00. The lowest BCUT2D eigenvalue weighted by Gasteiger charge is -2.31. The molecular weight excluding hydrogens is 349 g/mol. The lowest BCUT2D eigenvalue weighted by molar-refractivity contribution is 0.582. The van der Waals surface area contributed by atoms with Crippen molar-refractivity contribution in [2.45, 2.75) is 24.8 Å². The molecule has 0 spiro atoms. The molecule has 0 N–H and O–H groups in total. The van der Waals surface area contributed by atoms with Gasteiger partial charge >= 0.3 is 0 Å². The molecule has 134 valence electrons. The Balaban J connectivity index is 2.14. The van der Waals surface area contributed by atoms with Crippen LogP contribution in [0.1, 0.15) is 24.1 Å². The van der Waals surface area contributed by atoms with Crippen LogP contribution >= 0.6 is 0 Å². The van der Waals surface area contributed by atoms with Crippen molar-refractivity contribution in [3.05, 3.63) is 95.8 Å². The molecule has 26 heavy (non-hydrogen) atoms. The van der Waals surface area contributed by atoms with Crippen LogP contribution in [0, 0.1) is 12.7 Å². The molecule has 0 aromatic heterocycles. The van der Waals surface area contributed by atoms with E-state index >= 15 is 0 Å². The Hall–Kier alpha value is -2.66. The summed E-state index contributed by atoms with van der Waals surface area (Å²) in [5.74, 6) is -0.470. The third kappa shape index (κ3) is 3.63. The largest absolute Gasteiger partial charge is 0.264 e. The number of sulfonamides is 1. The second-order valence-electron chi connectivity index (χ2n) is 6.18. The molecule has 3 rings (SSSR count). The smallest absolute Gasteiger partial charge is 0.259 e. The van der Waals surface area contributed by atoms with Gasteiger partial charge in [-0.15, -0.1) is 0 Å². The van der Waals surface area contributed by atoms with E-state index in [1.54, 1.807) is 24.3 Å². The van der Waals surface area contributed by atoms with Crippen molar-refractivity contribution in [1.82, 2.24) is 0 Å². The molecule has 5 heteroatoms. The van der Waals surface area contributed by atoms with E-state index in [1.807, 2.05) is 44.2 Å². The maximum atomic E-state index is 13.3. The number of hydrogen-bond acceptors (Lipinski definition) is 2. The highest BCUT2D eigenvalue weighted by Gasteiger charge is 2.30. The molecule has 1 unspecified atom stereocenters. The van der Waals surface area contributed by atoms with Gasteiger partial charge in [-0.3, -0.25) is 4.31 Å². The highest BCUT2D eigenvalue weighted by atomic mass is 32.2. The Morgan fingerprint density at radius 2 is 1.54 bits per heavy atom. The van der Waals surface area contributed by atoms with Gasteiger partial charge in [0, 0.05) is 0 Å². The third-order valence-electron chi connectivity index (χ3n) is 4.26. The summed E-state index contributed by atoms with van der Waals surface area (Å²) in [6, 6.07) is 21.2. The number of benzene rings is 3. The van der Waals surface area contributed by atoms with E-state index in [0.717, 1.165) is 23.3 Å². The Morgan fingerprint density at radius 1 is 0.885 bits per heavy atom. The maximum absolute atomic E-state index is 13.3. The number of rotatable bonds is 5. The first kappa shape index (κ1) is 18.1. The fourth-order valence-corrected chi connectivity index (χ4v) is 4.58. The normalized spacial score (nSPS) is 12.6. The molecule has 3 aromatic rings. The van der Waals surface area contributed by atoms with Gasteiger partial charge in [-0.1, -0.05) is 48.0 Å². The Labute approximate surface area is 153 Å². The minimum atomic E-state index is -3.86. The summed E-state index contributed by atoms with van der Waals surface area (Å²) in [6.07, 6.45) is 0. The van der Waals surface area contributed by atoms with E-state index in [4.69, 9.17) is 0 Å². The summed E-state index contributed by atoms with van der Waals surface area (Å²) < 4.78 is 41.3. The Kier molecular flexibility index (Phi) is 5.09. The van der Waals surface area contributed by atoms with Crippen molar-refractivity contribution < 1.29 is 12.8 Å². The monoisotopic (exact) mass is 369 g/mol. The van der Waals surface area contributed by atoms with E-state index in [0.29, 0.717) is 5.69 Å². The number of halogens is 1. The molecule has 0 radical (unpaired) electrons. The Morgan fingerprint density at radius 3 is 2.15 bits per heavy atom. The fraction of sp³-hybridized carbons (Fsp3) is 0.143. The van der Waals surface area contributed by atoms with Gasteiger partial charge in [-0.2, -0.15) is 0 Å². The van der Waals surface area contributed by atoms with Crippen molar-refractivity contribution in [3.8, 4) is 0 Å². The Bertz CT molecular complexity index is 986. The number of nitrogens with zero attached hydrogens (tertiary/aromatic N) is 1. The predicted octanol–water partition coefficient (Wildman–Crippen LogP) is 5.09. The second kappa shape index (κ2) is 7.30. The quantitative estimate of drug-likeness (QED) is 0.628. The zero-order valence-electron chi connectivity index (χ0n) is 14.6. The standard InChI is InChI=1S/C21H20FNO2S/c1-16-7-6-8-18(15-16)17(2)23(20-9-4-3-5-10-20)26(24,25)21-13-11-19(22)12-14-21/h3-15,17H,1-2H3. The molecular formula is C21H20FNO2S. The summed E-state index contributed by atoms with van der Waals surface area (Å²) in [7, 11) is -3.86. The van der Waals surface area contributed by atoms with Crippen molar-refractivity contribution >= 4 is 15.7 Å². The molecule has 0 saturated heterocycles. The van der Waals surface area contributed by atoms with Crippen LogP contribution in [0.25, 0.3) is 0 Å². The van der Waals surface area contributed by atoms with E-state index in [-0.39, 0.29) is 4.90 Å². The van der Waals surface area contributed by atoms with Gasteiger partial charge in [0.1, 0.15) is 5.82 Å². The summed E-state index contributed by atoms with van der Waals surface area (Å²) in [4.78, 5) is 0.0576. The molecule has 0 heterocycles. The zero-order chi connectivity index (χ0) is 18.7. The SMILES string of the molecule is Cc1cccc(C(C)N(c2ccccc2)S(=O)(=O)c2ccc(F)cc2)c1. The van der Waals surface area contributed by atoms with Gasteiger partial charge < -0.3 is 0 Å². The van der Waals surface area contributed by atoms with Crippen LogP contribution in [0.2, 0.25) is 0 Å². The number of aryl methyl sites for hydroxylation is 1. The lowest BCUT2D eigenvalue weighted by Crippen LogP contribution is -2.33. The van der Waals surface area contributed by atoms with Crippen molar-refractivity contribution in [1.29, 1.82) is 0 Å². The molecule has 3 nitrogen and oxygen atoms in total. The van der Waals surface area contributed by atoms with E-state index in [1.165, 1.54) is 16.4 Å². The van der Waals surface area contributed by atoms with Gasteiger partial charge in [-0.25, -0.2) is 12.8 Å². The van der Waals surface area contributed by atoms with Gasteiger partial charge in [0.2, 0.25) is 0 Å². The highest BCUT2D eigenvalue weighted by molar-refractivity contribution is 7.92. The molecule has 0 aliphatic heterocycles. The molecule has 0 saturated carbocycles. The van der Waals surface area contributed by atoms with Crippen molar-refractivity contribution in [2.75, 3.05) is 4.31 Å². The van der Waals surface area contributed by atoms with Gasteiger partial charge in [-0.05, 0) is 55.8 Å². The molecule has 0 aliphatic rings. The van der Waals surface area contributed by atoms with E-state index < -0.39 is 21.9 Å². The minimum absolute atomic E-state index is 0.0576. The molecule has 0 fully saturated rings. The minimum Gasteiger partial charge on any atom is -0.259 e. The summed E-state index contributed by atoms with van der Waals surface area (Å²) in [5, 5.41) is 0. The topological polar surface area (TPSA) is 37.4 Å². The van der Waals surface area contributed by atoms with Crippen molar-refractivity contribution in [3.63, 3.8) is 0 Å². The average Bonchev–Trinajstić information content (AvgIpc) is 2.63. The van der Waals surface area contributed by atoms with Crippen LogP contribution < -0.4 is 4.31 Å². The third-order valence-corrected chi connectivity index (χ3v) is 6.17. The molecule has 3 aromatic carbocycles. The first-order chi connectivity index (χ1) is 12.4. The van der Waals surface area contributed by atoms with Crippen molar-refractivity contribution in [2.24, 2.45) is 0 Å². The van der Waals surface area contributed by atoms with Gasteiger partial charge in [0.25, 0.3) is 10.0 Å². The van der Waals surface area contributed by atoms with Crippen LogP contribution in [-0.4, -0.2) is 8.42 Å². The molecule has 1 atom stereocenters.